The summed E-state index contributed by atoms with van der Waals surface area (Å²) < 4.78 is 9.73. The second-order valence-electron chi connectivity index (χ2n) is 3.29. The van der Waals surface area contributed by atoms with Crippen LogP contribution in [-0.4, -0.2) is 12.2 Å². The van der Waals surface area contributed by atoms with Crippen molar-refractivity contribution < 1.29 is 19.1 Å². The molecule has 0 fully saturated rings. The molecular formula is C11H14N2O4. The average Bonchev–Trinajstić information content (AvgIpc) is 2.26. The van der Waals surface area contributed by atoms with Crippen molar-refractivity contribution in [2.24, 2.45) is 11.5 Å². The molecule has 0 radical (unpaired) electrons. The summed E-state index contributed by atoms with van der Waals surface area (Å²) in [5.74, 6) is 0.258. The van der Waals surface area contributed by atoms with Gasteiger partial charge < -0.3 is 20.9 Å². The summed E-state index contributed by atoms with van der Waals surface area (Å²) in [4.78, 5) is 21.5. The van der Waals surface area contributed by atoms with E-state index in [1.165, 1.54) is 0 Å². The topological polar surface area (TPSA) is 105 Å². The maximum absolute atomic E-state index is 10.7. The normalized spacial score (nSPS) is 11.6. The van der Waals surface area contributed by atoms with E-state index in [1.54, 1.807) is 24.3 Å². The van der Waals surface area contributed by atoms with E-state index in [0.29, 0.717) is 12.0 Å². The molecule has 4 N–H and O–H groups in total. The highest BCUT2D eigenvalue weighted by Crippen LogP contribution is 2.29. The molecule has 17 heavy (non-hydrogen) atoms. The minimum Gasteiger partial charge on any atom is -0.441 e. The number of nitrogens with two attached hydrogens (primary N) is 2. The van der Waals surface area contributed by atoms with Gasteiger partial charge in [0.15, 0.2) is 0 Å². The predicted molar refractivity (Wildman–Crippen MR) is 60.4 cm³/mol. The van der Waals surface area contributed by atoms with Crippen LogP contribution in [0.2, 0.25) is 0 Å². The van der Waals surface area contributed by atoms with E-state index in [4.69, 9.17) is 20.9 Å². The number of carbonyl (C=O) groups excluding carboxylic acids is 2. The van der Waals surface area contributed by atoms with Gasteiger partial charge in [-0.25, -0.2) is 9.59 Å². The highest BCUT2D eigenvalue weighted by atomic mass is 16.6. The molecule has 0 saturated carbocycles. The van der Waals surface area contributed by atoms with Crippen molar-refractivity contribution in [2.75, 3.05) is 0 Å². The maximum atomic E-state index is 10.7. The zero-order chi connectivity index (χ0) is 12.8. The summed E-state index contributed by atoms with van der Waals surface area (Å²) in [6.45, 7) is 1.81. The zero-order valence-corrected chi connectivity index (χ0v) is 9.38. The average molecular weight is 238 g/mol. The van der Waals surface area contributed by atoms with Gasteiger partial charge in [-0.15, -0.1) is 0 Å². The monoisotopic (exact) mass is 238 g/mol. The van der Waals surface area contributed by atoms with E-state index in [9.17, 15) is 9.59 Å². The van der Waals surface area contributed by atoms with E-state index in [-0.39, 0.29) is 5.75 Å². The molecule has 0 aliphatic heterocycles. The quantitative estimate of drug-likeness (QED) is 0.832. The van der Waals surface area contributed by atoms with Crippen molar-refractivity contribution in [1.82, 2.24) is 0 Å². The fourth-order valence-corrected chi connectivity index (χ4v) is 1.45. The van der Waals surface area contributed by atoms with Gasteiger partial charge in [0, 0.05) is 5.56 Å². The number of benzene rings is 1. The Hall–Kier alpha value is -2.24. The molecule has 1 atom stereocenters. The Kier molecular flexibility index (Phi) is 4.33. The lowest BCUT2D eigenvalue weighted by molar-refractivity contribution is 0.103. The molecule has 0 aliphatic carbocycles. The van der Waals surface area contributed by atoms with E-state index in [2.05, 4.69) is 0 Å². The van der Waals surface area contributed by atoms with Crippen molar-refractivity contribution in [1.29, 1.82) is 0 Å². The Labute approximate surface area is 98.5 Å². The Morgan fingerprint density at radius 2 is 1.88 bits per heavy atom. The Bertz CT molecular complexity index is 420. The summed E-state index contributed by atoms with van der Waals surface area (Å²) in [5, 5.41) is 0. The lowest BCUT2D eigenvalue weighted by Crippen LogP contribution is -2.20. The van der Waals surface area contributed by atoms with E-state index in [0.717, 1.165) is 0 Å². The van der Waals surface area contributed by atoms with Crippen LogP contribution in [-0.2, 0) is 4.74 Å². The first-order valence-electron chi connectivity index (χ1n) is 5.07. The van der Waals surface area contributed by atoms with Gasteiger partial charge in [-0.05, 0) is 12.5 Å². The van der Waals surface area contributed by atoms with Crippen LogP contribution in [0.5, 0.6) is 5.75 Å². The van der Waals surface area contributed by atoms with Crippen LogP contribution in [0.4, 0.5) is 9.59 Å². The molecule has 1 rings (SSSR count). The first-order chi connectivity index (χ1) is 8.04. The van der Waals surface area contributed by atoms with Crippen LogP contribution in [0.3, 0.4) is 0 Å². The molecule has 0 bridgehead atoms. The van der Waals surface area contributed by atoms with Crippen LogP contribution in [0.15, 0.2) is 24.3 Å². The Morgan fingerprint density at radius 1 is 1.24 bits per heavy atom. The minimum absolute atomic E-state index is 0.258. The molecule has 2 amide bonds. The van der Waals surface area contributed by atoms with Crippen LogP contribution in [0.25, 0.3) is 0 Å². The van der Waals surface area contributed by atoms with Crippen molar-refractivity contribution in [3.8, 4) is 5.75 Å². The molecule has 6 nitrogen and oxygen atoms in total. The van der Waals surface area contributed by atoms with Crippen molar-refractivity contribution in [3.63, 3.8) is 0 Å². The number of para-hydroxylation sites is 1. The zero-order valence-electron chi connectivity index (χ0n) is 9.38. The third-order valence-corrected chi connectivity index (χ3v) is 2.11. The van der Waals surface area contributed by atoms with Crippen LogP contribution >= 0.6 is 0 Å². The lowest BCUT2D eigenvalue weighted by Gasteiger charge is -2.17. The third-order valence-electron chi connectivity index (χ3n) is 2.11. The molecule has 0 spiro atoms. The smallest absolute Gasteiger partial charge is 0.409 e. The number of hydrogen-bond donors (Lipinski definition) is 2. The van der Waals surface area contributed by atoms with Gasteiger partial charge in [-0.1, -0.05) is 25.1 Å². The predicted octanol–water partition coefficient (Wildman–Crippen LogP) is 1.69. The highest BCUT2D eigenvalue weighted by Gasteiger charge is 2.18. The Balaban J connectivity index is 3.00. The second kappa shape index (κ2) is 5.74. The van der Waals surface area contributed by atoms with Crippen molar-refractivity contribution >= 4 is 12.2 Å². The van der Waals surface area contributed by atoms with E-state index in [1.807, 2.05) is 6.92 Å². The molecule has 0 aromatic heterocycles. The standard InChI is InChI=1S/C11H14N2O4/c1-2-8(16-10(12)14)7-5-3-4-6-9(7)17-11(13)15/h3-6,8H,2H2,1H3,(H2,12,14)(H2,13,15)/t8-/m0/s1. The van der Waals surface area contributed by atoms with E-state index < -0.39 is 18.3 Å². The molecule has 0 heterocycles. The first-order valence-corrected chi connectivity index (χ1v) is 5.07. The van der Waals surface area contributed by atoms with Gasteiger partial charge in [-0.2, -0.15) is 0 Å². The lowest BCUT2D eigenvalue weighted by atomic mass is 10.1. The fraction of sp³-hybridized carbons (Fsp3) is 0.273. The number of hydrogen-bond acceptors (Lipinski definition) is 4. The second-order valence-corrected chi connectivity index (χ2v) is 3.29. The Morgan fingerprint density at radius 3 is 2.41 bits per heavy atom. The molecule has 1 aromatic carbocycles. The van der Waals surface area contributed by atoms with E-state index >= 15 is 0 Å². The summed E-state index contributed by atoms with van der Waals surface area (Å²) >= 11 is 0. The summed E-state index contributed by atoms with van der Waals surface area (Å²) in [6, 6.07) is 6.65. The van der Waals surface area contributed by atoms with Gasteiger partial charge in [0.05, 0.1) is 0 Å². The van der Waals surface area contributed by atoms with Crippen molar-refractivity contribution in [3.05, 3.63) is 29.8 Å². The van der Waals surface area contributed by atoms with Crippen LogP contribution < -0.4 is 16.2 Å². The minimum atomic E-state index is -0.925. The van der Waals surface area contributed by atoms with Gasteiger partial charge in [0.2, 0.25) is 0 Å². The maximum Gasteiger partial charge on any atom is 0.409 e. The number of rotatable bonds is 4. The van der Waals surface area contributed by atoms with Crippen LogP contribution in [0, 0.1) is 0 Å². The molecule has 92 valence electrons. The summed E-state index contributed by atoms with van der Waals surface area (Å²) in [7, 11) is 0. The van der Waals surface area contributed by atoms with Gasteiger partial charge in [-0.3, -0.25) is 0 Å². The molecule has 0 aliphatic rings. The SMILES string of the molecule is CC[C@H](OC(N)=O)c1ccccc1OC(N)=O. The summed E-state index contributed by atoms with van der Waals surface area (Å²) in [6.07, 6.45) is -1.87. The third kappa shape index (κ3) is 3.67. The number of primary amides is 2. The molecule has 1 aromatic rings. The van der Waals surface area contributed by atoms with Gasteiger partial charge in [0.1, 0.15) is 11.9 Å². The molecule has 0 unspecified atom stereocenters. The van der Waals surface area contributed by atoms with Gasteiger partial charge >= 0.3 is 12.2 Å². The number of amides is 2. The molecule has 0 saturated heterocycles. The molecular weight excluding hydrogens is 224 g/mol. The largest absolute Gasteiger partial charge is 0.441 e. The van der Waals surface area contributed by atoms with Crippen molar-refractivity contribution in [2.45, 2.75) is 19.4 Å². The number of ether oxygens (including phenoxy) is 2. The first kappa shape index (κ1) is 12.8. The fourth-order valence-electron chi connectivity index (χ4n) is 1.45. The molecule has 6 heteroatoms. The number of carbonyl (C=O) groups is 2. The summed E-state index contributed by atoms with van der Waals surface area (Å²) in [5.41, 5.74) is 10.5. The highest BCUT2D eigenvalue weighted by molar-refractivity contribution is 5.69. The van der Waals surface area contributed by atoms with Gasteiger partial charge in [0.25, 0.3) is 0 Å². The van der Waals surface area contributed by atoms with Crippen LogP contribution in [0.1, 0.15) is 25.0 Å².